The fourth-order valence-corrected chi connectivity index (χ4v) is 2.40. The third-order valence-electron chi connectivity index (χ3n) is 3.24. The van der Waals surface area contributed by atoms with Gasteiger partial charge in [-0.3, -0.25) is 10.1 Å². The van der Waals surface area contributed by atoms with Crippen LogP contribution in [0.4, 0.5) is 5.69 Å². The summed E-state index contributed by atoms with van der Waals surface area (Å²) in [6.07, 6.45) is 5.80. The van der Waals surface area contributed by atoms with E-state index in [1.165, 1.54) is 10.8 Å². The van der Waals surface area contributed by atoms with Gasteiger partial charge in [-0.1, -0.05) is 12.8 Å². The van der Waals surface area contributed by atoms with Gasteiger partial charge in [0.1, 0.15) is 5.69 Å². The highest BCUT2D eigenvalue weighted by Gasteiger charge is 2.22. The molecule has 1 aromatic heterocycles. The molecule has 1 aliphatic rings. The number of aromatic nitrogens is 1. The Labute approximate surface area is 98.0 Å². The molecule has 2 rings (SSSR count). The summed E-state index contributed by atoms with van der Waals surface area (Å²) < 4.78 is 1.50. The molecule has 0 aromatic carbocycles. The molecule has 0 atom stereocenters. The van der Waals surface area contributed by atoms with Crippen molar-refractivity contribution in [3.05, 3.63) is 28.1 Å². The maximum Gasteiger partial charge on any atom is 0.352 e. The van der Waals surface area contributed by atoms with E-state index in [9.17, 15) is 14.9 Å². The molecule has 0 unspecified atom stereocenters. The highest BCUT2D eigenvalue weighted by atomic mass is 16.6. The number of hydrogen-bond donors (Lipinski definition) is 1. The Hall–Kier alpha value is -1.85. The van der Waals surface area contributed by atoms with Crippen LogP contribution in [0.25, 0.3) is 0 Å². The van der Waals surface area contributed by atoms with E-state index in [0.717, 1.165) is 31.7 Å². The van der Waals surface area contributed by atoms with Gasteiger partial charge in [-0.15, -0.1) is 0 Å². The summed E-state index contributed by atoms with van der Waals surface area (Å²) >= 11 is 0. The van der Waals surface area contributed by atoms with Gasteiger partial charge in [0.15, 0.2) is 0 Å². The van der Waals surface area contributed by atoms with Crippen LogP contribution in [0.5, 0.6) is 0 Å². The van der Waals surface area contributed by atoms with Crippen molar-refractivity contribution < 1.29 is 14.8 Å². The minimum atomic E-state index is -1.11. The highest BCUT2D eigenvalue weighted by Crippen LogP contribution is 2.28. The number of carboxylic acid groups (broad SMARTS) is 1. The lowest BCUT2D eigenvalue weighted by Gasteiger charge is -2.11. The van der Waals surface area contributed by atoms with E-state index in [1.54, 1.807) is 0 Å². The van der Waals surface area contributed by atoms with Crippen LogP contribution in [0.3, 0.4) is 0 Å². The molecule has 1 N–H and O–H groups in total. The van der Waals surface area contributed by atoms with Gasteiger partial charge < -0.3 is 9.67 Å². The van der Waals surface area contributed by atoms with E-state index in [1.807, 2.05) is 0 Å². The Morgan fingerprint density at radius 3 is 2.71 bits per heavy atom. The van der Waals surface area contributed by atoms with Gasteiger partial charge in [0.25, 0.3) is 5.69 Å². The second kappa shape index (κ2) is 4.57. The Morgan fingerprint density at radius 2 is 2.18 bits per heavy atom. The fourth-order valence-electron chi connectivity index (χ4n) is 2.40. The molecule has 6 heteroatoms. The van der Waals surface area contributed by atoms with Crippen LogP contribution in [0.15, 0.2) is 12.3 Å². The van der Waals surface area contributed by atoms with Gasteiger partial charge >= 0.3 is 5.97 Å². The normalized spacial score (nSPS) is 16.2. The van der Waals surface area contributed by atoms with Crippen molar-refractivity contribution in [3.8, 4) is 0 Å². The fraction of sp³-hybridized carbons (Fsp3) is 0.545. The van der Waals surface area contributed by atoms with Crippen LogP contribution in [-0.2, 0) is 6.54 Å². The second-order valence-electron chi connectivity index (χ2n) is 4.45. The lowest BCUT2D eigenvalue weighted by Crippen LogP contribution is -2.12. The van der Waals surface area contributed by atoms with E-state index in [4.69, 9.17) is 5.11 Å². The predicted molar refractivity (Wildman–Crippen MR) is 60.0 cm³/mol. The zero-order chi connectivity index (χ0) is 12.4. The molecule has 0 saturated heterocycles. The summed E-state index contributed by atoms with van der Waals surface area (Å²) in [5.41, 5.74) is -0.149. The Balaban J connectivity index is 2.23. The van der Waals surface area contributed by atoms with Gasteiger partial charge in [0, 0.05) is 12.6 Å². The number of rotatable bonds is 4. The third kappa shape index (κ3) is 2.46. The first kappa shape index (κ1) is 11.6. The Kier molecular flexibility index (Phi) is 3.12. The van der Waals surface area contributed by atoms with E-state index >= 15 is 0 Å². The molecule has 0 aliphatic heterocycles. The van der Waals surface area contributed by atoms with E-state index in [0.29, 0.717) is 12.5 Å². The zero-order valence-electron chi connectivity index (χ0n) is 9.33. The third-order valence-corrected chi connectivity index (χ3v) is 3.24. The lowest BCUT2D eigenvalue weighted by molar-refractivity contribution is -0.384. The van der Waals surface area contributed by atoms with Gasteiger partial charge in [0.2, 0.25) is 0 Å². The summed E-state index contributed by atoms with van der Waals surface area (Å²) in [5.74, 6) is -0.670. The second-order valence-corrected chi connectivity index (χ2v) is 4.45. The number of nitrogens with zero attached hydrogens (tertiary/aromatic N) is 2. The largest absolute Gasteiger partial charge is 0.477 e. The van der Waals surface area contributed by atoms with Crippen molar-refractivity contribution >= 4 is 11.7 Å². The minimum Gasteiger partial charge on any atom is -0.477 e. The molecule has 92 valence electrons. The first-order chi connectivity index (χ1) is 8.08. The summed E-state index contributed by atoms with van der Waals surface area (Å²) in [6, 6.07) is 1.12. The standard InChI is InChI=1S/C11H14N2O4/c14-11(15)10-5-9(13(16)17)7-12(10)6-8-3-1-2-4-8/h5,7-8H,1-4,6H2,(H,14,15). The highest BCUT2D eigenvalue weighted by molar-refractivity contribution is 5.86. The van der Waals surface area contributed by atoms with Crippen molar-refractivity contribution in [2.75, 3.05) is 0 Å². The van der Waals surface area contributed by atoms with Crippen LogP contribution >= 0.6 is 0 Å². The minimum absolute atomic E-state index is 0.00333. The molecule has 1 aliphatic carbocycles. The number of aromatic carboxylic acids is 1. The average Bonchev–Trinajstić information content (AvgIpc) is 2.87. The summed E-state index contributed by atoms with van der Waals surface area (Å²) in [7, 11) is 0. The predicted octanol–water partition coefficient (Wildman–Crippen LogP) is 2.28. The van der Waals surface area contributed by atoms with Crippen molar-refractivity contribution in [1.82, 2.24) is 4.57 Å². The van der Waals surface area contributed by atoms with Gasteiger partial charge in [-0.2, -0.15) is 0 Å². The molecule has 6 nitrogen and oxygen atoms in total. The number of nitro groups is 1. The van der Waals surface area contributed by atoms with Crippen LogP contribution in [0.2, 0.25) is 0 Å². The lowest BCUT2D eigenvalue weighted by atomic mass is 10.1. The van der Waals surface area contributed by atoms with Gasteiger partial charge in [-0.25, -0.2) is 4.79 Å². The molecule has 17 heavy (non-hydrogen) atoms. The molecule has 0 spiro atoms. The molecule has 0 bridgehead atoms. The quantitative estimate of drug-likeness (QED) is 0.644. The van der Waals surface area contributed by atoms with Crippen molar-refractivity contribution in [1.29, 1.82) is 0 Å². The number of carbonyl (C=O) groups is 1. The maximum atomic E-state index is 11.0. The van der Waals surface area contributed by atoms with Gasteiger partial charge in [0.05, 0.1) is 11.1 Å². The molecule has 1 aromatic rings. The zero-order valence-corrected chi connectivity index (χ0v) is 9.33. The molecule has 0 radical (unpaired) electrons. The molecule has 1 saturated carbocycles. The van der Waals surface area contributed by atoms with E-state index < -0.39 is 10.9 Å². The molecule has 1 heterocycles. The Morgan fingerprint density at radius 1 is 1.53 bits per heavy atom. The monoisotopic (exact) mass is 238 g/mol. The number of hydrogen-bond acceptors (Lipinski definition) is 3. The first-order valence-corrected chi connectivity index (χ1v) is 5.66. The first-order valence-electron chi connectivity index (χ1n) is 5.66. The SMILES string of the molecule is O=C(O)c1cc([N+](=O)[O-])cn1CC1CCCC1. The summed E-state index contributed by atoms with van der Waals surface area (Å²) in [4.78, 5) is 21.1. The van der Waals surface area contributed by atoms with Crippen LogP contribution in [0.1, 0.15) is 36.2 Å². The smallest absolute Gasteiger partial charge is 0.352 e. The van der Waals surface area contributed by atoms with E-state index in [2.05, 4.69) is 0 Å². The maximum absolute atomic E-state index is 11.0. The summed E-state index contributed by atoms with van der Waals surface area (Å²) in [5, 5.41) is 19.6. The molecule has 1 fully saturated rings. The van der Waals surface area contributed by atoms with E-state index in [-0.39, 0.29) is 11.4 Å². The molecular weight excluding hydrogens is 224 g/mol. The summed E-state index contributed by atoms with van der Waals surface area (Å²) in [6.45, 7) is 0.565. The van der Waals surface area contributed by atoms with Crippen LogP contribution in [-0.4, -0.2) is 20.6 Å². The van der Waals surface area contributed by atoms with Crippen molar-refractivity contribution in [3.63, 3.8) is 0 Å². The van der Waals surface area contributed by atoms with Crippen LogP contribution in [0, 0.1) is 16.0 Å². The van der Waals surface area contributed by atoms with Gasteiger partial charge in [-0.05, 0) is 18.8 Å². The molecule has 0 amide bonds. The van der Waals surface area contributed by atoms with Crippen LogP contribution < -0.4 is 0 Å². The number of carboxylic acids is 1. The van der Waals surface area contributed by atoms with Crippen molar-refractivity contribution in [2.24, 2.45) is 5.92 Å². The topological polar surface area (TPSA) is 85.4 Å². The Bertz CT molecular complexity index is 446. The van der Waals surface area contributed by atoms with Crippen molar-refractivity contribution in [2.45, 2.75) is 32.2 Å². The molecular formula is C11H14N2O4. The average molecular weight is 238 g/mol.